The summed E-state index contributed by atoms with van der Waals surface area (Å²) in [5, 5.41) is 8.18. The van der Waals surface area contributed by atoms with Gasteiger partial charge in [-0.3, -0.25) is 9.88 Å². The number of nitrogens with zero attached hydrogens (tertiary/aromatic N) is 6. The van der Waals surface area contributed by atoms with Crippen LogP contribution in [0.1, 0.15) is 28.3 Å². The summed E-state index contributed by atoms with van der Waals surface area (Å²) in [6, 6.07) is 14.1. The van der Waals surface area contributed by atoms with E-state index in [0.717, 1.165) is 33.8 Å². The van der Waals surface area contributed by atoms with Crippen LogP contribution < -0.4 is 9.47 Å². The Balaban J connectivity index is 1.17. The molecule has 7 rings (SSSR count). The molecule has 2 aromatic carbocycles. The fraction of sp³-hybridized carbons (Fsp3) is 0.333. The van der Waals surface area contributed by atoms with E-state index in [1.807, 2.05) is 17.0 Å². The smallest absolute Gasteiger partial charge is 0.346 e. The Morgan fingerprint density at radius 3 is 2.16 bits per heavy atom. The Labute approximate surface area is 218 Å². The Morgan fingerprint density at radius 1 is 0.842 bits per heavy atom. The van der Waals surface area contributed by atoms with Crippen LogP contribution in [-0.4, -0.2) is 75.6 Å². The van der Waals surface area contributed by atoms with Gasteiger partial charge in [-0.1, -0.05) is 17.3 Å². The molecule has 11 heteroatoms. The van der Waals surface area contributed by atoms with Crippen LogP contribution in [0.3, 0.4) is 0 Å². The Bertz CT molecular complexity index is 1440. The summed E-state index contributed by atoms with van der Waals surface area (Å²) in [4.78, 5) is 21.6. The van der Waals surface area contributed by atoms with Crippen molar-refractivity contribution in [1.29, 1.82) is 0 Å². The lowest BCUT2D eigenvalue weighted by molar-refractivity contribution is -0.0165. The Hall–Kier alpha value is -4.06. The number of benzene rings is 2. The Morgan fingerprint density at radius 2 is 1.50 bits per heavy atom. The highest BCUT2D eigenvalue weighted by Gasteiger charge is 2.31. The summed E-state index contributed by atoms with van der Waals surface area (Å²) in [5.74, 6) is 1.71. The van der Waals surface area contributed by atoms with E-state index in [1.54, 1.807) is 18.5 Å². The molecule has 38 heavy (non-hydrogen) atoms. The van der Waals surface area contributed by atoms with Crippen LogP contribution in [0, 0.1) is 0 Å². The van der Waals surface area contributed by atoms with Gasteiger partial charge in [0, 0.05) is 43.5 Å². The summed E-state index contributed by atoms with van der Waals surface area (Å²) < 4.78 is 23.7. The zero-order valence-corrected chi connectivity index (χ0v) is 20.7. The van der Waals surface area contributed by atoms with Crippen LogP contribution in [0.4, 0.5) is 4.79 Å². The third-order valence-electron chi connectivity index (χ3n) is 7.29. The van der Waals surface area contributed by atoms with Crippen molar-refractivity contribution < 1.29 is 23.7 Å². The van der Waals surface area contributed by atoms with Gasteiger partial charge in [0.1, 0.15) is 22.5 Å². The highest BCUT2D eigenvalue weighted by molar-refractivity contribution is 5.87. The number of carbonyl (C=O) groups excluding carboxylic acids is 1. The second kappa shape index (κ2) is 9.67. The monoisotopic (exact) mass is 514 g/mol. The summed E-state index contributed by atoms with van der Waals surface area (Å²) in [5.41, 5.74) is 5.60. The molecule has 1 saturated heterocycles. The lowest BCUT2D eigenvalue weighted by atomic mass is 9.93. The number of rotatable bonds is 3. The number of fused-ring (bicyclic) bond motifs is 3. The number of aromatic nitrogens is 4. The summed E-state index contributed by atoms with van der Waals surface area (Å²) in [7, 11) is 0. The average Bonchev–Trinajstić information content (AvgIpc) is 3.41. The van der Waals surface area contributed by atoms with Crippen molar-refractivity contribution in [2.75, 3.05) is 39.8 Å². The van der Waals surface area contributed by atoms with Crippen molar-refractivity contribution in [3.63, 3.8) is 0 Å². The van der Waals surface area contributed by atoms with Crippen molar-refractivity contribution in [2.24, 2.45) is 0 Å². The minimum Gasteiger partial charge on any atom is -0.467 e. The van der Waals surface area contributed by atoms with Gasteiger partial charge in [-0.25, -0.2) is 4.79 Å². The number of carbonyl (C=O) groups is 1. The average molecular weight is 515 g/mol. The van der Waals surface area contributed by atoms with Crippen molar-refractivity contribution in [1.82, 2.24) is 29.8 Å². The van der Waals surface area contributed by atoms with E-state index in [4.69, 9.17) is 18.9 Å². The van der Waals surface area contributed by atoms with Crippen molar-refractivity contribution in [2.45, 2.75) is 19.3 Å². The summed E-state index contributed by atoms with van der Waals surface area (Å²) >= 11 is 0. The third kappa shape index (κ3) is 4.14. The molecule has 1 fully saturated rings. The minimum atomic E-state index is -0.192. The maximum Gasteiger partial charge on any atom is 0.346 e. The number of hydrogen-bond acceptors (Lipinski definition) is 9. The van der Waals surface area contributed by atoms with Crippen LogP contribution in [0.2, 0.25) is 0 Å². The van der Waals surface area contributed by atoms with E-state index in [9.17, 15) is 4.79 Å². The van der Waals surface area contributed by atoms with Crippen LogP contribution in [0.5, 0.6) is 11.5 Å². The van der Waals surface area contributed by atoms with E-state index >= 15 is 0 Å². The molecule has 0 saturated carbocycles. The molecule has 0 N–H and O–H groups in total. The molecule has 3 aliphatic rings. The molecule has 4 aromatic rings. The lowest BCUT2D eigenvalue weighted by Gasteiger charge is -2.40. The van der Waals surface area contributed by atoms with Crippen LogP contribution in [0.15, 0.2) is 54.9 Å². The first-order valence-corrected chi connectivity index (χ1v) is 12.6. The van der Waals surface area contributed by atoms with Crippen molar-refractivity contribution in [3.05, 3.63) is 77.1 Å². The number of piperazine rings is 1. The molecule has 194 valence electrons. The predicted molar refractivity (Wildman–Crippen MR) is 135 cm³/mol. The molecule has 0 bridgehead atoms. The van der Waals surface area contributed by atoms with E-state index < -0.39 is 0 Å². The van der Waals surface area contributed by atoms with Gasteiger partial charge in [-0.2, -0.15) is 4.68 Å². The van der Waals surface area contributed by atoms with Gasteiger partial charge >= 0.3 is 6.03 Å². The molecule has 5 heterocycles. The number of ether oxygens (including phenoxy) is 4. The van der Waals surface area contributed by atoms with Crippen molar-refractivity contribution >= 4 is 17.1 Å². The predicted octanol–water partition coefficient (Wildman–Crippen LogP) is 2.93. The molecule has 0 aliphatic carbocycles. The fourth-order valence-corrected chi connectivity index (χ4v) is 5.39. The van der Waals surface area contributed by atoms with E-state index in [1.165, 1.54) is 4.68 Å². The molecule has 0 unspecified atom stereocenters. The van der Waals surface area contributed by atoms with Gasteiger partial charge in [-0.15, -0.1) is 5.10 Å². The first-order valence-electron chi connectivity index (χ1n) is 12.6. The fourth-order valence-electron chi connectivity index (χ4n) is 5.39. The highest BCUT2D eigenvalue weighted by Crippen LogP contribution is 2.36. The third-order valence-corrected chi connectivity index (χ3v) is 7.29. The van der Waals surface area contributed by atoms with E-state index in [2.05, 4.69) is 44.5 Å². The Kier molecular flexibility index (Phi) is 5.88. The van der Waals surface area contributed by atoms with Gasteiger partial charge in [0.2, 0.25) is 0 Å². The van der Waals surface area contributed by atoms with Gasteiger partial charge in [0.05, 0.1) is 25.5 Å². The zero-order chi connectivity index (χ0) is 25.5. The van der Waals surface area contributed by atoms with Crippen LogP contribution in [-0.2, 0) is 22.7 Å². The standard InChI is InChI=1S/C27H26N6O5/c34-27(33-23-13-28-6-5-22(23)29-30-33)32-9-7-31(8-10-32)26(18-1-3-24-20(11-18)14-35-16-37-24)19-2-4-25-21(12-19)15-36-17-38-25/h1-6,11-13,26H,7-10,14-17H2. The maximum atomic E-state index is 13.3. The second-order valence-electron chi connectivity index (χ2n) is 9.53. The first kappa shape index (κ1) is 23.1. The largest absolute Gasteiger partial charge is 0.467 e. The molecule has 1 amide bonds. The maximum absolute atomic E-state index is 13.3. The molecule has 2 aromatic heterocycles. The van der Waals surface area contributed by atoms with Gasteiger partial charge < -0.3 is 23.8 Å². The first-order chi connectivity index (χ1) is 18.7. The molecule has 0 atom stereocenters. The van der Waals surface area contributed by atoms with E-state index in [0.29, 0.717) is 50.4 Å². The van der Waals surface area contributed by atoms with Gasteiger partial charge in [0.25, 0.3) is 0 Å². The quantitative estimate of drug-likeness (QED) is 0.408. The molecule has 0 spiro atoms. The number of pyridine rings is 1. The second-order valence-corrected chi connectivity index (χ2v) is 9.53. The topological polar surface area (TPSA) is 104 Å². The minimum absolute atomic E-state index is 0.0249. The lowest BCUT2D eigenvalue weighted by Crippen LogP contribution is -2.51. The van der Waals surface area contributed by atoms with Crippen molar-refractivity contribution in [3.8, 4) is 11.5 Å². The summed E-state index contributed by atoms with van der Waals surface area (Å²) in [6.07, 6.45) is 3.26. The normalized spacial score (nSPS) is 17.6. The zero-order valence-electron chi connectivity index (χ0n) is 20.7. The number of amides is 1. The SMILES string of the molecule is O=C(N1CCN(C(c2ccc3c(c2)COCO3)c2ccc3c(c2)COCO3)CC1)n1nnc2ccncc21. The van der Waals surface area contributed by atoms with Crippen LogP contribution >= 0.6 is 0 Å². The van der Waals surface area contributed by atoms with Gasteiger partial charge in [0.15, 0.2) is 13.6 Å². The molecular weight excluding hydrogens is 488 g/mol. The van der Waals surface area contributed by atoms with E-state index in [-0.39, 0.29) is 25.7 Å². The highest BCUT2D eigenvalue weighted by atomic mass is 16.7. The van der Waals surface area contributed by atoms with Crippen LogP contribution in [0.25, 0.3) is 11.0 Å². The summed E-state index contributed by atoms with van der Waals surface area (Å²) in [6.45, 7) is 4.08. The number of hydrogen-bond donors (Lipinski definition) is 0. The molecule has 11 nitrogen and oxygen atoms in total. The molecule has 3 aliphatic heterocycles. The van der Waals surface area contributed by atoms with Gasteiger partial charge in [-0.05, 0) is 41.5 Å². The molecular formula is C27H26N6O5. The molecule has 0 radical (unpaired) electrons.